The van der Waals surface area contributed by atoms with Gasteiger partial charge in [0.15, 0.2) is 11.7 Å². The minimum atomic E-state index is -1.25. The number of alkyl halides is 1. The SMILES string of the molecule is CN1Cc2ccc(-c3nc(C#N)ccc3-c3cnc(CC4(F)CCCC4)o3)cc2C1=O. The van der Waals surface area contributed by atoms with Crippen LogP contribution in [0.25, 0.3) is 22.6 Å². The van der Waals surface area contributed by atoms with Crippen molar-refractivity contribution >= 4 is 5.91 Å². The summed E-state index contributed by atoms with van der Waals surface area (Å²) >= 11 is 0. The van der Waals surface area contributed by atoms with E-state index in [2.05, 4.69) is 16.0 Å². The Morgan fingerprint density at radius 2 is 2.03 bits per heavy atom. The van der Waals surface area contributed by atoms with E-state index in [0.717, 1.165) is 18.4 Å². The van der Waals surface area contributed by atoms with Crippen LogP contribution in [0.15, 0.2) is 40.9 Å². The average molecular weight is 416 g/mol. The van der Waals surface area contributed by atoms with E-state index in [1.165, 1.54) is 0 Å². The average Bonchev–Trinajstić information content (AvgIpc) is 3.48. The van der Waals surface area contributed by atoms with Gasteiger partial charge in [-0.2, -0.15) is 5.26 Å². The largest absolute Gasteiger partial charge is 0.441 e. The molecule has 156 valence electrons. The highest BCUT2D eigenvalue weighted by Gasteiger charge is 2.35. The summed E-state index contributed by atoms with van der Waals surface area (Å²) in [6.07, 6.45) is 4.58. The first kappa shape index (κ1) is 19.4. The van der Waals surface area contributed by atoms with Gasteiger partial charge in [-0.05, 0) is 36.6 Å². The first-order valence-electron chi connectivity index (χ1n) is 10.4. The highest BCUT2D eigenvalue weighted by atomic mass is 19.1. The molecule has 1 aliphatic carbocycles. The molecule has 1 aliphatic heterocycles. The van der Waals surface area contributed by atoms with Crippen molar-refractivity contribution in [1.82, 2.24) is 14.9 Å². The van der Waals surface area contributed by atoms with Gasteiger partial charge in [0.25, 0.3) is 5.91 Å². The predicted octanol–water partition coefficient (Wildman–Crippen LogP) is 4.69. The number of aromatic nitrogens is 2. The molecule has 3 heterocycles. The van der Waals surface area contributed by atoms with Crippen molar-refractivity contribution in [1.29, 1.82) is 5.26 Å². The summed E-state index contributed by atoms with van der Waals surface area (Å²) in [5, 5.41) is 9.34. The lowest BCUT2D eigenvalue weighted by molar-refractivity contribution is 0.0816. The number of hydrogen-bond donors (Lipinski definition) is 0. The Morgan fingerprint density at radius 1 is 1.23 bits per heavy atom. The summed E-state index contributed by atoms with van der Waals surface area (Å²) in [4.78, 5) is 22.9. The van der Waals surface area contributed by atoms with Gasteiger partial charge < -0.3 is 9.32 Å². The van der Waals surface area contributed by atoms with Crippen LogP contribution in [0.2, 0.25) is 0 Å². The van der Waals surface area contributed by atoms with Gasteiger partial charge in [0.1, 0.15) is 17.4 Å². The Kier molecular flexibility index (Phi) is 4.58. The number of hydrogen-bond acceptors (Lipinski definition) is 5. The van der Waals surface area contributed by atoms with Crippen LogP contribution in [0.3, 0.4) is 0 Å². The Hall–Kier alpha value is -3.53. The molecule has 5 rings (SSSR count). The zero-order valence-electron chi connectivity index (χ0n) is 17.2. The maximum absolute atomic E-state index is 14.9. The Labute approximate surface area is 179 Å². The number of rotatable bonds is 4. The number of oxazole rings is 1. The Bertz CT molecular complexity index is 1220. The summed E-state index contributed by atoms with van der Waals surface area (Å²) in [7, 11) is 1.76. The molecule has 1 saturated carbocycles. The first-order valence-corrected chi connectivity index (χ1v) is 10.4. The maximum Gasteiger partial charge on any atom is 0.254 e. The van der Waals surface area contributed by atoms with Crippen LogP contribution >= 0.6 is 0 Å². The lowest BCUT2D eigenvalue weighted by Crippen LogP contribution is -2.21. The highest BCUT2D eigenvalue weighted by Crippen LogP contribution is 2.38. The number of fused-ring (bicyclic) bond motifs is 1. The van der Waals surface area contributed by atoms with Gasteiger partial charge in [-0.1, -0.05) is 25.0 Å². The third-order valence-electron chi connectivity index (χ3n) is 6.16. The minimum absolute atomic E-state index is 0.0402. The number of halogens is 1. The molecular weight excluding hydrogens is 395 g/mol. The summed E-state index contributed by atoms with van der Waals surface area (Å²) in [6.45, 7) is 0.573. The van der Waals surface area contributed by atoms with Crippen molar-refractivity contribution in [2.45, 2.75) is 44.3 Å². The number of benzene rings is 1. The summed E-state index contributed by atoms with van der Waals surface area (Å²) in [5.74, 6) is 0.787. The Balaban J connectivity index is 1.55. The van der Waals surface area contributed by atoms with Crippen LogP contribution in [0, 0.1) is 11.3 Å². The minimum Gasteiger partial charge on any atom is -0.441 e. The van der Waals surface area contributed by atoms with Crippen LogP contribution in [0.4, 0.5) is 4.39 Å². The molecule has 1 amide bonds. The molecule has 0 radical (unpaired) electrons. The van der Waals surface area contributed by atoms with E-state index in [9.17, 15) is 14.4 Å². The first-order chi connectivity index (χ1) is 15.0. The molecular formula is C24H21FN4O2. The fourth-order valence-corrected chi connectivity index (χ4v) is 4.51. The fraction of sp³-hybridized carbons (Fsp3) is 0.333. The van der Waals surface area contributed by atoms with Gasteiger partial charge in [0.2, 0.25) is 0 Å². The molecule has 3 aromatic rings. The molecule has 2 aliphatic rings. The van der Waals surface area contributed by atoms with E-state index in [1.54, 1.807) is 36.3 Å². The molecule has 1 aromatic carbocycles. The number of amides is 1. The van der Waals surface area contributed by atoms with Gasteiger partial charge >= 0.3 is 0 Å². The van der Waals surface area contributed by atoms with E-state index >= 15 is 0 Å². The highest BCUT2D eigenvalue weighted by molar-refractivity contribution is 5.99. The quantitative estimate of drug-likeness (QED) is 0.616. The molecule has 31 heavy (non-hydrogen) atoms. The molecule has 0 unspecified atom stereocenters. The number of pyridine rings is 1. The second-order valence-electron chi connectivity index (χ2n) is 8.39. The molecule has 0 bridgehead atoms. The lowest BCUT2D eigenvalue weighted by Gasteiger charge is -2.16. The summed E-state index contributed by atoms with van der Waals surface area (Å²) < 4.78 is 20.8. The second-order valence-corrected chi connectivity index (χ2v) is 8.39. The van der Waals surface area contributed by atoms with Crippen molar-refractivity contribution in [3.63, 3.8) is 0 Å². The van der Waals surface area contributed by atoms with Gasteiger partial charge in [0.05, 0.1) is 18.3 Å². The van der Waals surface area contributed by atoms with Crippen LogP contribution in [-0.2, 0) is 13.0 Å². The van der Waals surface area contributed by atoms with E-state index in [-0.39, 0.29) is 18.0 Å². The van der Waals surface area contributed by atoms with Gasteiger partial charge in [0, 0.05) is 30.3 Å². The summed E-state index contributed by atoms with van der Waals surface area (Å²) in [5.41, 5.74) is 2.50. The molecule has 0 saturated heterocycles. The third kappa shape index (κ3) is 3.48. The fourth-order valence-electron chi connectivity index (χ4n) is 4.51. The van der Waals surface area contributed by atoms with E-state index in [0.29, 0.717) is 53.4 Å². The lowest BCUT2D eigenvalue weighted by atomic mass is 9.99. The molecule has 2 aromatic heterocycles. The standard InChI is InChI=1S/C24H21FN4O2/c1-29-14-16-5-4-15(10-19(16)23(29)30)22-18(7-6-17(12-26)28-22)20-13-27-21(31-20)11-24(25)8-2-3-9-24/h4-7,10,13H,2-3,8-9,11,14H2,1H3. The molecule has 6 nitrogen and oxygen atoms in total. The van der Waals surface area contributed by atoms with E-state index in [1.807, 2.05) is 12.1 Å². The Morgan fingerprint density at radius 3 is 2.81 bits per heavy atom. The van der Waals surface area contributed by atoms with Crippen molar-refractivity contribution in [3.8, 4) is 28.7 Å². The van der Waals surface area contributed by atoms with Gasteiger partial charge in [-0.15, -0.1) is 0 Å². The zero-order valence-corrected chi connectivity index (χ0v) is 17.2. The normalized spacial score (nSPS) is 17.1. The smallest absolute Gasteiger partial charge is 0.254 e. The number of carbonyl (C=O) groups is 1. The second kappa shape index (κ2) is 7.31. The monoisotopic (exact) mass is 416 g/mol. The van der Waals surface area contributed by atoms with Crippen LogP contribution in [-0.4, -0.2) is 33.5 Å². The van der Waals surface area contributed by atoms with Crippen molar-refractivity contribution in [2.75, 3.05) is 7.05 Å². The van der Waals surface area contributed by atoms with Crippen molar-refractivity contribution in [2.24, 2.45) is 0 Å². The van der Waals surface area contributed by atoms with Crippen LogP contribution in [0.1, 0.15) is 53.2 Å². The van der Waals surface area contributed by atoms with Gasteiger partial charge in [-0.3, -0.25) is 4.79 Å². The molecule has 0 spiro atoms. The predicted molar refractivity (Wildman–Crippen MR) is 112 cm³/mol. The maximum atomic E-state index is 14.9. The van der Waals surface area contributed by atoms with Gasteiger partial charge in [-0.25, -0.2) is 14.4 Å². The number of nitrogens with zero attached hydrogens (tertiary/aromatic N) is 4. The number of carbonyl (C=O) groups excluding carboxylic acids is 1. The van der Waals surface area contributed by atoms with E-state index in [4.69, 9.17) is 4.42 Å². The molecule has 0 N–H and O–H groups in total. The molecule has 1 fully saturated rings. The van der Waals surface area contributed by atoms with Crippen molar-refractivity contribution in [3.05, 3.63) is 59.2 Å². The molecule has 7 heteroatoms. The van der Waals surface area contributed by atoms with E-state index < -0.39 is 5.67 Å². The molecule has 0 atom stereocenters. The van der Waals surface area contributed by atoms with Crippen LogP contribution in [0.5, 0.6) is 0 Å². The third-order valence-corrected chi connectivity index (χ3v) is 6.16. The number of nitriles is 1. The van der Waals surface area contributed by atoms with Crippen LogP contribution < -0.4 is 0 Å². The summed E-state index contributed by atoms with van der Waals surface area (Å²) in [6, 6.07) is 11.0. The van der Waals surface area contributed by atoms with Crippen molar-refractivity contribution < 1.29 is 13.6 Å². The topological polar surface area (TPSA) is 83.0 Å². The zero-order chi connectivity index (χ0) is 21.6.